The molecule has 0 saturated carbocycles. The molecule has 1 aromatic carbocycles. The van der Waals surface area contributed by atoms with E-state index in [0.717, 1.165) is 12.1 Å². The van der Waals surface area contributed by atoms with Gasteiger partial charge in [0.05, 0.1) is 0 Å². The monoisotopic (exact) mass is 441 g/mol. The first-order valence-corrected chi connectivity index (χ1v) is 16.0. The first-order valence-electron chi connectivity index (χ1n) is 10.7. The molecule has 0 N–H and O–H groups in total. The average Bonchev–Trinajstić information content (AvgIpc) is 2.64. The molecule has 166 valence electrons. The molecule has 0 spiro atoms. The Morgan fingerprint density at radius 1 is 1.03 bits per heavy atom. The average molecular weight is 442 g/mol. The summed E-state index contributed by atoms with van der Waals surface area (Å²) in [6.45, 7) is 15.7. The van der Waals surface area contributed by atoms with Gasteiger partial charge in [0.25, 0.3) is 0 Å². The van der Waals surface area contributed by atoms with Crippen LogP contribution < -0.4 is 4.90 Å². The summed E-state index contributed by atoms with van der Waals surface area (Å²) in [5.74, 6) is 0. The van der Waals surface area contributed by atoms with Crippen molar-refractivity contribution in [3.63, 3.8) is 0 Å². The van der Waals surface area contributed by atoms with Crippen LogP contribution in [-0.4, -0.2) is 49.1 Å². The largest absolute Gasteiger partial charge is 0.504 e. The number of anilines is 1. The molecule has 0 bridgehead atoms. The maximum absolute atomic E-state index is 12.8. The number of hydrogen-bond donors (Lipinski definition) is 0. The third kappa shape index (κ3) is 9.44. The van der Waals surface area contributed by atoms with E-state index in [1.807, 2.05) is 70.7 Å². The lowest BCUT2D eigenvalue weighted by Crippen LogP contribution is -2.48. The van der Waals surface area contributed by atoms with Crippen molar-refractivity contribution >= 4 is 28.9 Å². The summed E-state index contributed by atoms with van der Waals surface area (Å²) in [5.41, 5.74) is 0.832. The molecule has 0 saturated heterocycles. The van der Waals surface area contributed by atoms with Crippen molar-refractivity contribution < 1.29 is 22.5 Å². The van der Waals surface area contributed by atoms with E-state index in [1.54, 1.807) is 4.90 Å². The van der Waals surface area contributed by atoms with Gasteiger partial charge in [-0.1, -0.05) is 25.1 Å². The Kier molecular flexibility index (Phi) is 11.1. The van der Waals surface area contributed by atoms with Crippen LogP contribution >= 0.6 is 0 Å². The molecule has 29 heavy (non-hydrogen) atoms. The van der Waals surface area contributed by atoms with Crippen molar-refractivity contribution in [2.45, 2.75) is 72.3 Å². The number of para-hydroxylation sites is 1. The minimum Gasteiger partial charge on any atom is -0.504 e. The number of hydrogen-bond acceptors (Lipinski definition) is 5. The molecule has 6 nitrogen and oxygen atoms in total. The molecule has 0 aliphatic carbocycles. The van der Waals surface area contributed by atoms with Gasteiger partial charge in [0.2, 0.25) is 8.32 Å². The lowest BCUT2D eigenvalue weighted by atomic mass is 10.3. The SMILES string of the molecule is CCO[Si](CCCN(C(=O)O[Si](C)(C)C)c1ccccc1)(OCC)OC(C)CC. The standard InChI is InChI=1S/C21H39NO5Si2/c1-8-19(4)26-29(24-9-2,25-10-3)18-14-17-22(20-15-12-11-13-16-20)21(23)27-28(5,6)7/h11-13,15-16,19H,8-10,14,17-18H2,1-7H3. The third-order valence-corrected chi connectivity index (χ3v) is 8.20. The molecule has 0 fully saturated rings. The van der Waals surface area contributed by atoms with Gasteiger partial charge in [0, 0.05) is 37.6 Å². The Bertz CT molecular complexity index is 588. The van der Waals surface area contributed by atoms with Crippen LogP contribution in [0.15, 0.2) is 30.3 Å². The fourth-order valence-electron chi connectivity index (χ4n) is 2.85. The highest BCUT2D eigenvalue weighted by atomic mass is 28.4. The predicted molar refractivity (Wildman–Crippen MR) is 123 cm³/mol. The molecule has 0 aliphatic heterocycles. The highest BCUT2D eigenvalue weighted by molar-refractivity contribution is 6.71. The molecule has 1 amide bonds. The van der Waals surface area contributed by atoms with E-state index in [1.165, 1.54) is 0 Å². The van der Waals surface area contributed by atoms with Crippen molar-refractivity contribution in [3.05, 3.63) is 30.3 Å². The van der Waals surface area contributed by atoms with Crippen molar-refractivity contribution in [1.82, 2.24) is 0 Å². The lowest BCUT2D eigenvalue weighted by molar-refractivity contribution is 0.0369. The Balaban J connectivity index is 2.93. The molecular formula is C21H39NO5Si2. The second kappa shape index (κ2) is 12.5. The van der Waals surface area contributed by atoms with Crippen LogP contribution in [-0.2, 0) is 17.7 Å². The second-order valence-corrected chi connectivity index (χ2v) is 15.1. The number of nitrogens with zero attached hydrogens (tertiary/aromatic N) is 1. The lowest BCUT2D eigenvalue weighted by Gasteiger charge is -2.32. The van der Waals surface area contributed by atoms with E-state index in [9.17, 15) is 4.79 Å². The van der Waals surface area contributed by atoms with Gasteiger partial charge in [-0.15, -0.1) is 0 Å². The summed E-state index contributed by atoms with van der Waals surface area (Å²) in [5, 5.41) is 0. The summed E-state index contributed by atoms with van der Waals surface area (Å²) < 4.78 is 24.1. The molecule has 0 aliphatic rings. The van der Waals surface area contributed by atoms with Crippen LogP contribution in [0.25, 0.3) is 0 Å². The van der Waals surface area contributed by atoms with Crippen molar-refractivity contribution in [2.75, 3.05) is 24.7 Å². The zero-order chi connectivity index (χ0) is 21.9. The molecule has 0 aromatic heterocycles. The maximum Gasteiger partial charge on any atom is 0.501 e. The second-order valence-electron chi connectivity index (χ2n) is 7.96. The minimum atomic E-state index is -2.80. The highest BCUT2D eigenvalue weighted by Crippen LogP contribution is 2.23. The summed E-state index contributed by atoms with van der Waals surface area (Å²) >= 11 is 0. The van der Waals surface area contributed by atoms with E-state index in [0.29, 0.717) is 32.2 Å². The highest BCUT2D eigenvalue weighted by Gasteiger charge is 2.41. The normalized spacial score (nSPS) is 13.2. The molecular weight excluding hydrogens is 402 g/mol. The number of rotatable bonds is 13. The molecule has 0 radical (unpaired) electrons. The predicted octanol–water partition coefficient (Wildman–Crippen LogP) is 5.68. The number of carbonyl (C=O) groups excluding carboxylic acids is 1. The number of amides is 1. The third-order valence-electron chi connectivity index (χ3n) is 4.23. The van der Waals surface area contributed by atoms with Crippen molar-refractivity contribution in [2.24, 2.45) is 0 Å². The summed E-state index contributed by atoms with van der Waals surface area (Å²) in [6, 6.07) is 10.3. The molecule has 8 heteroatoms. The van der Waals surface area contributed by atoms with Crippen LogP contribution in [0, 0.1) is 0 Å². The number of carbonyl (C=O) groups is 1. The molecule has 0 heterocycles. The Morgan fingerprint density at radius 3 is 2.10 bits per heavy atom. The van der Waals surface area contributed by atoms with Gasteiger partial charge >= 0.3 is 14.9 Å². The molecule has 1 rings (SSSR count). The van der Waals surface area contributed by atoms with E-state index < -0.39 is 17.1 Å². The van der Waals surface area contributed by atoms with Crippen LogP contribution in [0.4, 0.5) is 10.5 Å². The smallest absolute Gasteiger partial charge is 0.501 e. The van der Waals surface area contributed by atoms with Gasteiger partial charge in [-0.25, -0.2) is 4.79 Å². The topological polar surface area (TPSA) is 57.2 Å². The van der Waals surface area contributed by atoms with Gasteiger partial charge in [0.15, 0.2) is 0 Å². The van der Waals surface area contributed by atoms with E-state index in [2.05, 4.69) is 6.92 Å². The maximum atomic E-state index is 12.8. The Labute approximate surface area is 179 Å². The summed E-state index contributed by atoms with van der Waals surface area (Å²) in [7, 11) is -4.80. The fourth-order valence-corrected chi connectivity index (χ4v) is 6.36. The van der Waals surface area contributed by atoms with Gasteiger partial charge < -0.3 is 17.7 Å². The van der Waals surface area contributed by atoms with Gasteiger partial charge in [0.1, 0.15) is 0 Å². The van der Waals surface area contributed by atoms with E-state index >= 15 is 0 Å². The van der Waals surface area contributed by atoms with Crippen LogP contribution in [0.3, 0.4) is 0 Å². The Hall–Kier alpha value is -1.20. The van der Waals surface area contributed by atoms with Crippen molar-refractivity contribution in [3.8, 4) is 0 Å². The van der Waals surface area contributed by atoms with Gasteiger partial charge in [-0.2, -0.15) is 0 Å². The summed E-state index contributed by atoms with van der Waals surface area (Å²) in [4.78, 5) is 14.6. The number of benzene rings is 1. The first kappa shape index (κ1) is 25.8. The van der Waals surface area contributed by atoms with Crippen LogP contribution in [0.1, 0.15) is 40.5 Å². The quantitative estimate of drug-likeness (QED) is 0.368. The van der Waals surface area contributed by atoms with Crippen LogP contribution in [0.2, 0.25) is 25.7 Å². The van der Waals surface area contributed by atoms with Gasteiger partial charge in [-0.3, -0.25) is 4.90 Å². The minimum absolute atomic E-state index is 0.0712. The Morgan fingerprint density at radius 2 is 1.62 bits per heavy atom. The fraction of sp³-hybridized carbons (Fsp3) is 0.667. The molecule has 1 aromatic rings. The molecule has 1 atom stereocenters. The van der Waals surface area contributed by atoms with Gasteiger partial charge in [-0.05, 0) is 65.4 Å². The van der Waals surface area contributed by atoms with E-state index in [-0.39, 0.29) is 12.2 Å². The first-order chi connectivity index (χ1) is 13.7. The van der Waals surface area contributed by atoms with Crippen molar-refractivity contribution in [1.29, 1.82) is 0 Å². The van der Waals surface area contributed by atoms with Crippen LogP contribution in [0.5, 0.6) is 0 Å². The zero-order valence-corrected chi connectivity index (χ0v) is 21.2. The van der Waals surface area contributed by atoms with E-state index in [4.69, 9.17) is 17.7 Å². The zero-order valence-electron chi connectivity index (χ0n) is 19.2. The molecule has 1 unspecified atom stereocenters. The summed E-state index contributed by atoms with van der Waals surface area (Å²) in [6.07, 6.45) is 1.38.